The first-order valence-electron chi connectivity index (χ1n) is 8.20. The molecule has 1 aromatic carbocycles. The van der Waals surface area contributed by atoms with Crippen LogP contribution < -0.4 is 5.32 Å². The van der Waals surface area contributed by atoms with E-state index in [1.807, 2.05) is 49.6 Å². The van der Waals surface area contributed by atoms with E-state index in [-0.39, 0.29) is 11.8 Å². The number of benzene rings is 1. The molecule has 0 bridgehead atoms. The Morgan fingerprint density at radius 1 is 1.25 bits per heavy atom. The zero-order valence-electron chi connectivity index (χ0n) is 14.3. The summed E-state index contributed by atoms with van der Waals surface area (Å²) in [7, 11) is 0. The highest BCUT2D eigenvalue weighted by Crippen LogP contribution is 2.27. The molecule has 1 N–H and O–H groups in total. The number of hydrogen-bond donors (Lipinski definition) is 1. The molecule has 0 aliphatic carbocycles. The molecule has 0 atom stereocenters. The summed E-state index contributed by atoms with van der Waals surface area (Å²) in [6.07, 6.45) is 1.63. The SMILES string of the molecule is CCC(CC)C(=O)Nc1nnc(SCc2ccccc2Cl)n1CC. The molecule has 0 fully saturated rings. The van der Waals surface area contributed by atoms with Gasteiger partial charge in [-0.3, -0.25) is 14.7 Å². The second-order valence-electron chi connectivity index (χ2n) is 5.43. The van der Waals surface area contributed by atoms with E-state index in [1.165, 1.54) is 0 Å². The van der Waals surface area contributed by atoms with E-state index < -0.39 is 0 Å². The molecule has 0 spiro atoms. The Hall–Kier alpha value is -1.53. The van der Waals surface area contributed by atoms with E-state index in [4.69, 9.17) is 11.6 Å². The Balaban J connectivity index is 2.09. The largest absolute Gasteiger partial charge is 0.294 e. The fourth-order valence-corrected chi connectivity index (χ4v) is 3.69. The van der Waals surface area contributed by atoms with Gasteiger partial charge in [0.15, 0.2) is 5.16 Å². The first-order valence-corrected chi connectivity index (χ1v) is 9.57. The van der Waals surface area contributed by atoms with Crippen LogP contribution >= 0.6 is 23.4 Å². The number of carbonyl (C=O) groups is 1. The maximum Gasteiger partial charge on any atom is 0.231 e. The zero-order valence-corrected chi connectivity index (χ0v) is 15.8. The minimum absolute atomic E-state index is 0.00440. The predicted molar refractivity (Wildman–Crippen MR) is 99.4 cm³/mol. The first-order chi connectivity index (χ1) is 11.6. The molecule has 1 aromatic heterocycles. The number of carbonyl (C=O) groups excluding carboxylic acids is 1. The molecule has 1 amide bonds. The lowest BCUT2D eigenvalue weighted by atomic mass is 10.0. The van der Waals surface area contributed by atoms with Crippen LogP contribution in [0.25, 0.3) is 0 Å². The van der Waals surface area contributed by atoms with Gasteiger partial charge in [-0.05, 0) is 31.4 Å². The summed E-state index contributed by atoms with van der Waals surface area (Å²) in [5, 5.41) is 12.8. The van der Waals surface area contributed by atoms with Gasteiger partial charge in [-0.15, -0.1) is 10.2 Å². The Morgan fingerprint density at radius 2 is 1.96 bits per heavy atom. The van der Waals surface area contributed by atoms with Crippen molar-refractivity contribution in [3.63, 3.8) is 0 Å². The number of hydrogen-bond acceptors (Lipinski definition) is 4. The molecule has 0 aliphatic heterocycles. The Bertz CT molecular complexity index is 685. The van der Waals surface area contributed by atoms with Crippen LogP contribution in [0, 0.1) is 5.92 Å². The molecule has 2 aromatic rings. The van der Waals surface area contributed by atoms with Crippen LogP contribution in [0.15, 0.2) is 29.4 Å². The maximum absolute atomic E-state index is 12.3. The normalized spacial score (nSPS) is 11.0. The van der Waals surface area contributed by atoms with Crippen molar-refractivity contribution in [1.82, 2.24) is 14.8 Å². The molecule has 130 valence electrons. The van der Waals surface area contributed by atoms with Gasteiger partial charge in [-0.25, -0.2) is 0 Å². The predicted octanol–water partition coefficient (Wildman–Crippen LogP) is 4.62. The number of aromatic nitrogens is 3. The lowest BCUT2D eigenvalue weighted by Crippen LogP contribution is -2.23. The van der Waals surface area contributed by atoms with Gasteiger partial charge in [0.05, 0.1) is 0 Å². The van der Waals surface area contributed by atoms with Gasteiger partial charge in [-0.1, -0.05) is 55.4 Å². The second-order valence-corrected chi connectivity index (χ2v) is 6.78. The van der Waals surface area contributed by atoms with Crippen molar-refractivity contribution < 1.29 is 4.79 Å². The van der Waals surface area contributed by atoms with Crippen molar-refractivity contribution in [2.75, 3.05) is 5.32 Å². The number of thioether (sulfide) groups is 1. The van der Waals surface area contributed by atoms with Crippen molar-refractivity contribution in [2.24, 2.45) is 5.92 Å². The summed E-state index contributed by atoms with van der Waals surface area (Å²) >= 11 is 7.75. The van der Waals surface area contributed by atoms with Crippen LogP contribution in [0.2, 0.25) is 5.02 Å². The maximum atomic E-state index is 12.3. The highest BCUT2D eigenvalue weighted by molar-refractivity contribution is 7.98. The monoisotopic (exact) mass is 366 g/mol. The van der Waals surface area contributed by atoms with Crippen LogP contribution in [-0.4, -0.2) is 20.7 Å². The van der Waals surface area contributed by atoms with E-state index in [9.17, 15) is 4.79 Å². The van der Waals surface area contributed by atoms with Crippen LogP contribution in [0.4, 0.5) is 5.95 Å². The van der Waals surface area contributed by atoms with Gasteiger partial charge < -0.3 is 0 Å². The molecule has 7 heteroatoms. The van der Waals surface area contributed by atoms with Gasteiger partial charge in [0.1, 0.15) is 0 Å². The van der Waals surface area contributed by atoms with Crippen molar-refractivity contribution >= 4 is 35.2 Å². The number of nitrogens with zero attached hydrogens (tertiary/aromatic N) is 3. The fourth-order valence-electron chi connectivity index (χ4n) is 2.40. The smallest absolute Gasteiger partial charge is 0.231 e. The molecule has 1 heterocycles. The standard InChI is InChI=1S/C17H23ClN4OS/c1-4-12(5-2)15(23)19-16-20-21-17(22(16)6-3)24-11-13-9-7-8-10-14(13)18/h7-10,12H,4-6,11H2,1-3H3,(H,19,20,23). The fraction of sp³-hybridized carbons (Fsp3) is 0.471. The van der Waals surface area contributed by atoms with E-state index in [0.29, 0.717) is 18.2 Å². The summed E-state index contributed by atoms with van der Waals surface area (Å²) in [6.45, 7) is 6.73. The summed E-state index contributed by atoms with van der Waals surface area (Å²) < 4.78 is 1.92. The van der Waals surface area contributed by atoms with Crippen LogP contribution in [0.1, 0.15) is 39.2 Å². The number of anilines is 1. The Morgan fingerprint density at radius 3 is 2.58 bits per heavy atom. The van der Waals surface area contributed by atoms with E-state index in [2.05, 4.69) is 15.5 Å². The van der Waals surface area contributed by atoms with Gasteiger partial charge in [0.2, 0.25) is 11.9 Å². The van der Waals surface area contributed by atoms with Gasteiger partial charge in [0.25, 0.3) is 0 Å². The van der Waals surface area contributed by atoms with E-state index in [0.717, 1.165) is 28.6 Å². The highest BCUT2D eigenvalue weighted by atomic mass is 35.5. The van der Waals surface area contributed by atoms with Crippen molar-refractivity contribution in [3.8, 4) is 0 Å². The van der Waals surface area contributed by atoms with E-state index in [1.54, 1.807) is 11.8 Å². The molecule has 2 rings (SSSR count). The quantitative estimate of drug-likeness (QED) is 0.692. The summed E-state index contributed by atoms with van der Waals surface area (Å²) in [5.41, 5.74) is 1.05. The molecule has 0 radical (unpaired) electrons. The third-order valence-electron chi connectivity index (χ3n) is 3.94. The molecule has 0 aliphatic rings. The zero-order chi connectivity index (χ0) is 17.5. The van der Waals surface area contributed by atoms with Crippen LogP contribution in [0.5, 0.6) is 0 Å². The summed E-state index contributed by atoms with van der Waals surface area (Å²) in [6, 6.07) is 7.76. The average Bonchev–Trinajstić information content (AvgIpc) is 2.96. The summed E-state index contributed by atoms with van der Waals surface area (Å²) in [4.78, 5) is 12.3. The van der Waals surface area contributed by atoms with Crippen molar-refractivity contribution in [1.29, 1.82) is 0 Å². The lowest BCUT2D eigenvalue weighted by Gasteiger charge is -2.13. The third kappa shape index (κ3) is 4.51. The first kappa shape index (κ1) is 18.8. The number of halogens is 1. The summed E-state index contributed by atoms with van der Waals surface area (Å²) in [5.74, 6) is 1.23. The molecular formula is C17H23ClN4OS. The van der Waals surface area contributed by atoms with E-state index >= 15 is 0 Å². The second kappa shape index (κ2) is 9.08. The van der Waals surface area contributed by atoms with Crippen molar-refractivity contribution in [2.45, 2.75) is 51.1 Å². The lowest BCUT2D eigenvalue weighted by molar-refractivity contribution is -0.120. The number of rotatable bonds is 8. The molecule has 0 unspecified atom stereocenters. The van der Waals surface area contributed by atoms with Crippen molar-refractivity contribution in [3.05, 3.63) is 34.9 Å². The molecular weight excluding hydrogens is 344 g/mol. The van der Waals surface area contributed by atoms with Crippen LogP contribution in [0.3, 0.4) is 0 Å². The third-order valence-corrected chi connectivity index (χ3v) is 5.32. The number of nitrogens with one attached hydrogen (secondary N) is 1. The Labute approximate surface area is 152 Å². The molecule has 0 saturated heterocycles. The molecule has 0 saturated carbocycles. The van der Waals surface area contributed by atoms with Gasteiger partial charge in [-0.2, -0.15) is 0 Å². The number of amides is 1. The topological polar surface area (TPSA) is 59.8 Å². The van der Waals surface area contributed by atoms with Crippen LogP contribution in [-0.2, 0) is 17.1 Å². The molecule has 5 nitrogen and oxygen atoms in total. The average molecular weight is 367 g/mol. The minimum atomic E-state index is 0.00440. The molecule has 24 heavy (non-hydrogen) atoms. The van der Waals surface area contributed by atoms with Gasteiger partial charge in [0, 0.05) is 23.2 Å². The minimum Gasteiger partial charge on any atom is -0.294 e. The highest BCUT2D eigenvalue weighted by Gasteiger charge is 2.18. The van der Waals surface area contributed by atoms with Gasteiger partial charge >= 0.3 is 0 Å². The Kier molecular flexibility index (Phi) is 7.12.